The summed E-state index contributed by atoms with van der Waals surface area (Å²) in [5.74, 6) is 0.554. The van der Waals surface area contributed by atoms with Crippen LogP contribution in [0.5, 0.6) is 0 Å². The molecule has 19 heavy (non-hydrogen) atoms. The quantitative estimate of drug-likeness (QED) is 0.855. The highest BCUT2D eigenvalue weighted by molar-refractivity contribution is 6.30. The van der Waals surface area contributed by atoms with Gasteiger partial charge in [-0.2, -0.15) is 0 Å². The molecule has 0 bridgehead atoms. The van der Waals surface area contributed by atoms with E-state index < -0.39 is 10.9 Å². The predicted octanol–water partition coefficient (Wildman–Crippen LogP) is 3.06. The Bertz CT molecular complexity index is 637. The molecule has 0 heterocycles. The van der Waals surface area contributed by atoms with Gasteiger partial charge < -0.3 is 5.32 Å². The summed E-state index contributed by atoms with van der Waals surface area (Å²) < 4.78 is 0. The molecule has 0 saturated carbocycles. The Kier molecular flexibility index (Phi) is 4.05. The lowest BCUT2D eigenvalue weighted by Crippen LogP contribution is -2.36. The Labute approximate surface area is 116 Å². The van der Waals surface area contributed by atoms with Gasteiger partial charge in [-0.1, -0.05) is 37.6 Å². The molecule has 0 radical (unpaired) electrons. The second-order valence-electron chi connectivity index (χ2n) is 5.02. The number of rotatable bonds is 5. The molecule has 0 saturated heterocycles. The maximum absolute atomic E-state index is 11.7. The number of nitrogens with one attached hydrogen (secondary N) is 1. The van der Waals surface area contributed by atoms with Crippen molar-refractivity contribution in [3.05, 3.63) is 49.7 Å². The van der Waals surface area contributed by atoms with E-state index in [-0.39, 0.29) is 0 Å². The Morgan fingerprint density at radius 1 is 1.11 bits per heavy atom. The van der Waals surface area contributed by atoms with Gasteiger partial charge >= 0.3 is 0 Å². The molecule has 2 rings (SSSR count). The van der Waals surface area contributed by atoms with E-state index in [0.717, 1.165) is 12.0 Å². The van der Waals surface area contributed by atoms with Crippen molar-refractivity contribution in [1.29, 1.82) is 0 Å². The second-order valence-corrected chi connectivity index (χ2v) is 5.46. The van der Waals surface area contributed by atoms with Crippen LogP contribution < -0.4 is 16.2 Å². The van der Waals surface area contributed by atoms with E-state index in [2.05, 4.69) is 19.2 Å². The predicted molar refractivity (Wildman–Crippen MR) is 79.7 cm³/mol. The summed E-state index contributed by atoms with van der Waals surface area (Å²) in [5.41, 5.74) is 0.808. The fraction of sp³-hybridized carbons (Fsp3) is 0.333. The Morgan fingerprint density at radius 3 is 2.32 bits per heavy atom. The zero-order chi connectivity index (χ0) is 14.0. The summed E-state index contributed by atoms with van der Waals surface area (Å²) in [7, 11) is 0. The molecule has 0 amide bonds. The standard InChI is InChI=1S/C15H16ClNO2/c1-9(2)7-8-17-13-12(14(18)15(13)19)10-3-5-11(16)6-4-10/h3-6,9,17H,7-8H2,1-2H3. The molecule has 0 aliphatic heterocycles. The molecule has 0 fully saturated rings. The maximum atomic E-state index is 11.7. The van der Waals surface area contributed by atoms with E-state index in [1.165, 1.54) is 0 Å². The van der Waals surface area contributed by atoms with Gasteiger partial charge in [0.2, 0.25) is 10.9 Å². The van der Waals surface area contributed by atoms with Crippen molar-refractivity contribution in [3.8, 4) is 11.1 Å². The smallest absolute Gasteiger partial charge is 0.250 e. The molecule has 100 valence electrons. The average molecular weight is 278 g/mol. The molecule has 0 spiro atoms. The van der Waals surface area contributed by atoms with Crippen molar-refractivity contribution in [1.82, 2.24) is 0 Å². The summed E-state index contributed by atoms with van der Waals surface area (Å²) in [6.07, 6.45) is 0.957. The van der Waals surface area contributed by atoms with E-state index in [9.17, 15) is 9.59 Å². The Balaban J connectivity index is 2.22. The first kappa shape index (κ1) is 13.8. The van der Waals surface area contributed by atoms with E-state index in [0.29, 0.717) is 28.7 Å². The summed E-state index contributed by atoms with van der Waals surface area (Å²) in [4.78, 5) is 23.3. The van der Waals surface area contributed by atoms with Crippen LogP contribution in [0.4, 0.5) is 5.69 Å². The monoisotopic (exact) mass is 277 g/mol. The lowest BCUT2D eigenvalue weighted by atomic mass is 9.98. The molecule has 0 unspecified atom stereocenters. The van der Waals surface area contributed by atoms with Gasteiger partial charge in [0, 0.05) is 11.6 Å². The van der Waals surface area contributed by atoms with Crippen molar-refractivity contribution >= 4 is 17.3 Å². The molecular weight excluding hydrogens is 262 g/mol. The summed E-state index contributed by atoms with van der Waals surface area (Å²) in [6.45, 7) is 4.93. The van der Waals surface area contributed by atoms with Crippen LogP contribution in [0.1, 0.15) is 20.3 Å². The third kappa shape index (κ3) is 2.87. The van der Waals surface area contributed by atoms with E-state index in [1.807, 2.05) is 0 Å². The lowest BCUT2D eigenvalue weighted by Gasteiger charge is -2.14. The SMILES string of the molecule is CC(C)CCNc1c(-c2ccc(Cl)cc2)c(=O)c1=O. The van der Waals surface area contributed by atoms with Crippen molar-refractivity contribution in [2.45, 2.75) is 20.3 Å². The number of halogens is 1. The first-order valence-electron chi connectivity index (χ1n) is 6.34. The fourth-order valence-corrected chi connectivity index (χ4v) is 2.06. The van der Waals surface area contributed by atoms with Gasteiger partial charge in [-0.05, 0) is 30.0 Å². The van der Waals surface area contributed by atoms with Crippen LogP contribution in [0.15, 0.2) is 33.9 Å². The molecule has 0 aliphatic carbocycles. The van der Waals surface area contributed by atoms with Crippen molar-refractivity contribution in [2.75, 3.05) is 11.9 Å². The van der Waals surface area contributed by atoms with Crippen molar-refractivity contribution in [3.63, 3.8) is 0 Å². The minimum Gasteiger partial charge on any atom is -0.381 e. The van der Waals surface area contributed by atoms with Crippen LogP contribution in [0.3, 0.4) is 0 Å². The topological polar surface area (TPSA) is 46.2 Å². The number of anilines is 1. The zero-order valence-electron chi connectivity index (χ0n) is 11.0. The van der Waals surface area contributed by atoms with Gasteiger partial charge in [-0.25, -0.2) is 0 Å². The number of hydrogen-bond acceptors (Lipinski definition) is 3. The second kappa shape index (κ2) is 5.57. The fourth-order valence-electron chi connectivity index (χ4n) is 1.94. The average Bonchev–Trinajstić information content (AvgIpc) is 2.38. The first-order chi connectivity index (χ1) is 9.00. The summed E-state index contributed by atoms with van der Waals surface area (Å²) in [5, 5.41) is 3.68. The molecule has 0 aromatic heterocycles. The van der Waals surface area contributed by atoms with Gasteiger partial charge in [-0.15, -0.1) is 0 Å². The zero-order valence-corrected chi connectivity index (χ0v) is 11.8. The molecule has 0 atom stereocenters. The summed E-state index contributed by atoms with van der Waals surface area (Å²) >= 11 is 5.81. The lowest BCUT2D eigenvalue weighted by molar-refractivity contribution is 0.607. The van der Waals surface area contributed by atoms with Crippen molar-refractivity contribution in [2.24, 2.45) is 5.92 Å². The first-order valence-corrected chi connectivity index (χ1v) is 6.71. The third-order valence-corrected chi connectivity index (χ3v) is 3.32. The van der Waals surface area contributed by atoms with E-state index in [4.69, 9.17) is 11.6 Å². The molecule has 4 heteroatoms. The maximum Gasteiger partial charge on any atom is 0.250 e. The third-order valence-electron chi connectivity index (χ3n) is 3.07. The molecule has 1 N–H and O–H groups in total. The molecular formula is C15H16ClNO2. The van der Waals surface area contributed by atoms with E-state index >= 15 is 0 Å². The summed E-state index contributed by atoms with van der Waals surface area (Å²) in [6, 6.07) is 6.94. The van der Waals surface area contributed by atoms with Crippen LogP contribution in [-0.2, 0) is 0 Å². The number of benzene rings is 1. The molecule has 2 aromatic carbocycles. The van der Waals surface area contributed by atoms with Gasteiger partial charge in [0.05, 0.1) is 11.3 Å². The minimum atomic E-state index is -0.422. The van der Waals surface area contributed by atoms with E-state index in [1.54, 1.807) is 24.3 Å². The number of hydrogen-bond donors (Lipinski definition) is 1. The minimum absolute atomic E-state index is 0.422. The van der Waals surface area contributed by atoms with Gasteiger partial charge in [0.1, 0.15) is 0 Å². The highest BCUT2D eigenvalue weighted by Gasteiger charge is 2.21. The van der Waals surface area contributed by atoms with Crippen LogP contribution >= 0.6 is 11.6 Å². The Morgan fingerprint density at radius 2 is 1.74 bits per heavy atom. The van der Waals surface area contributed by atoms with Crippen molar-refractivity contribution < 1.29 is 0 Å². The van der Waals surface area contributed by atoms with Crippen LogP contribution in [-0.4, -0.2) is 6.54 Å². The highest BCUT2D eigenvalue weighted by atomic mass is 35.5. The van der Waals surface area contributed by atoms with Gasteiger partial charge in [0.15, 0.2) is 0 Å². The van der Waals surface area contributed by atoms with Gasteiger partial charge in [0.25, 0.3) is 0 Å². The molecule has 0 aliphatic rings. The van der Waals surface area contributed by atoms with Crippen LogP contribution in [0.25, 0.3) is 11.1 Å². The molecule has 2 aromatic rings. The normalized spacial score (nSPS) is 11.2. The Hall–Kier alpha value is -1.61. The highest BCUT2D eigenvalue weighted by Crippen LogP contribution is 2.25. The largest absolute Gasteiger partial charge is 0.381 e. The molecule has 3 nitrogen and oxygen atoms in total. The van der Waals surface area contributed by atoms with Crippen LogP contribution in [0.2, 0.25) is 5.02 Å². The van der Waals surface area contributed by atoms with Crippen LogP contribution in [0, 0.1) is 5.92 Å². The van der Waals surface area contributed by atoms with Gasteiger partial charge in [-0.3, -0.25) is 9.59 Å².